The third kappa shape index (κ3) is 4.05. The van der Waals surface area contributed by atoms with E-state index in [9.17, 15) is 18.4 Å². The highest BCUT2D eigenvalue weighted by molar-refractivity contribution is 9.10. The maximum absolute atomic E-state index is 14.0. The summed E-state index contributed by atoms with van der Waals surface area (Å²) in [6, 6.07) is 8.58. The lowest BCUT2D eigenvalue weighted by Crippen LogP contribution is -2.21. The summed E-state index contributed by atoms with van der Waals surface area (Å²) in [5, 5.41) is 5.45. The van der Waals surface area contributed by atoms with Crippen LogP contribution in [-0.2, 0) is 0 Å². The van der Waals surface area contributed by atoms with Crippen LogP contribution in [0.4, 0.5) is 14.5 Å². The van der Waals surface area contributed by atoms with E-state index in [1.54, 1.807) is 12.1 Å². The molecule has 1 heterocycles. The Labute approximate surface area is 199 Å². The highest BCUT2D eigenvalue weighted by Crippen LogP contribution is 2.41. The summed E-state index contributed by atoms with van der Waals surface area (Å²) in [5.74, 6) is -2.53. The van der Waals surface area contributed by atoms with Crippen molar-refractivity contribution in [3.05, 3.63) is 90.9 Å². The van der Waals surface area contributed by atoms with Gasteiger partial charge in [0.2, 0.25) is 0 Å². The number of ether oxygens (including phenoxy) is 1. The molecule has 1 aliphatic rings. The number of methoxy groups -OCH3 is 1. The van der Waals surface area contributed by atoms with Crippen molar-refractivity contribution in [1.29, 1.82) is 0 Å². The predicted octanol–water partition coefficient (Wildman–Crippen LogP) is 6.13. The third-order valence-electron chi connectivity index (χ3n) is 4.95. The number of benzene rings is 3. The molecule has 1 aliphatic heterocycles. The minimum Gasteiger partial charge on any atom is -0.494 e. The first-order chi connectivity index (χ1) is 15.2. The van der Waals surface area contributed by atoms with Gasteiger partial charge >= 0.3 is 0 Å². The SMILES string of the molecule is COc1cc(C(=O)Nc2cc(Br)cc3c2C(c2cc(F)ccc2Cl)NC3=O)cc(Cl)c1F. The van der Waals surface area contributed by atoms with Gasteiger partial charge in [0.1, 0.15) is 5.82 Å². The van der Waals surface area contributed by atoms with E-state index >= 15 is 0 Å². The van der Waals surface area contributed by atoms with Crippen LogP contribution in [0.25, 0.3) is 0 Å². The Morgan fingerprint density at radius 2 is 1.88 bits per heavy atom. The molecular formula is C22H13BrCl2F2N2O3. The monoisotopic (exact) mass is 540 g/mol. The van der Waals surface area contributed by atoms with Crippen molar-refractivity contribution in [3.8, 4) is 5.75 Å². The number of fused-ring (bicyclic) bond motifs is 1. The average Bonchev–Trinajstić information content (AvgIpc) is 3.07. The summed E-state index contributed by atoms with van der Waals surface area (Å²) >= 11 is 15.5. The largest absolute Gasteiger partial charge is 0.494 e. The molecule has 10 heteroatoms. The lowest BCUT2D eigenvalue weighted by atomic mass is 9.96. The second kappa shape index (κ2) is 8.69. The van der Waals surface area contributed by atoms with Gasteiger partial charge in [-0.05, 0) is 42.5 Å². The van der Waals surface area contributed by atoms with Crippen molar-refractivity contribution in [1.82, 2.24) is 5.32 Å². The molecule has 3 aromatic carbocycles. The molecule has 1 atom stereocenters. The molecule has 0 bridgehead atoms. The molecule has 32 heavy (non-hydrogen) atoms. The molecule has 2 N–H and O–H groups in total. The van der Waals surface area contributed by atoms with E-state index in [2.05, 4.69) is 26.6 Å². The zero-order chi connectivity index (χ0) is 23.2. The van der Waals surface area contributed by atoms with Crippen LogP contribution in [0, 0.1) is 11.6 Å². The van der Waals surface area contributed by atoms with Crippen LogP contribution in [0.2, 0.25) is 10.0 Å². The number of carbonyl (C=O) groups excluding carboxylic acids is 2. The van der Waals surface area contributed by atoms with E-state index in [0.717, 1.165) is 6.07 Å². The number of nitrogens with one attached hydrogen (secondary N) is 2. The molecule has 0 saturated carbocycles. The van der Waals surface area contributed by atoms with Crippen molar-refractivity contribution < 1.29 is 23.1 Å². The molecular weight excluding hydrogens is 529 g/mol. The topological polar surface area (TPSA) is 67.4 Å². The quantitative estimate of drug-likeness (QED) is 0.417. The van der Waals surface area contributed by atoms with Gasteiger partial charge in [0.25, 0.3) is 11.8 Å². The fraction of sp³-hybridized carbons (Fsp3) is 0.0909. The van der Waals surface area contributed by atoms with Gasteiger partial charge in [0.15, 0.2) is 11.6 Å². The van der Waals surface area contributed by atoms with E-state index in [1.165, 1.54) is 31.4 Å². The second-order valence-corrected chi connectivity index (χ2v) is 8.65. The minimum absolute atomic E-state index is 0.0413. The number of rotatable bonds is 4. The molecule has 3 aromatic rings. The Morgan fingerprint density at radius 1 is 1.12 bits per heavy atom. The Bertz CT molecular complexity index is 1290. The number of halogens is 5. The van der Waals surface area contributed by atoms with E-state index in [-0.39, 0.29) is 32.6 Å². The number of hydrogen-bond donors (Lipinski definition) is 2. The van der Waals surface area contributed by atoms with Gasteiger partial charge in [-0.2, -0.15) is 0 Å². The van der Waals surface area contributed by atoms with Crippen molar-refractivity contribution >= 4 is 56.6 Å². The van der Waals surface area contributed by atoms with Crippen LogP contribution in [0.1, 0.15) is 37.9 Å². The fourth-order valence-electron chi connectivity index (χ4n) is 3.51. The number of amides is 2. The zero-order valence-electron chi connectivity index (χ0n) is 16.2. The molecule has 0 aromatic heterocycles. The first kappa shape index (κ1) is 22.5. The summed E-state index contributed by atoms with van der Waals surface area (Å²) in [7, 11) is 1.25. The summed E-state index contributed by atoms with van der Waals surface area (Å²) in [5.41, 5.74) is 1.36. The third-order valence-corrected chi connectivity index (χ3v) is 6.02. The predicted molar refractivity (Wildman–Crippen MR) is 121 cm³/mol. The van der Waals surface area contributed by atoms with Crippen LogP contribution >= 0.6 is 39.1 Å². The lowest BCUT2D eigenvalue weighted by Gasteiger charge is -2.18. The Hall–Kier alpha value is -2.68. The first-order valence-corrected chi connectivity index (χ1v) is 10.7. The number of carbonyl (C=O) groups is 2. The molecule has 5 nitrogen and oxygen atoms in total. The van der Waals surface area contributed by atoms with Crippen molar-refractivity contribution in [2.75, 3.05) is 12.4 Å². The fourth-order valence-corrected chi connectivity index (χ4v) is 4.40. The second-order valence-electron chi connectivity index (χ2n) is 6.92. The Balaban J connectivity index is 1.79. The Kier molecular flexibility index (Phi) is 6.11. The van der Waals surface area contributed by atoms with E-state index < -0.39 is 29.5 Å². The zero-order valence-corrected chi connectivity index (χ0v) is 19.3. The molecule has 1 unspecified atom stereocenters. The van der Waals surface area contributed by atoms with Crippen molar-refractivity contribution in [2.45, 2.75) is 6.04 Å². The number of hydrogen-bond acceptors (Lipinski definition) is 3. The normalized spacial score (nSPS) is 14.7. The van der Waals surface area contributed by atoms with Crippen LogP contribution in [-0.4, -0.2) is 18.9 Å². The van der Waals surface area contributed by atoms with Gasteiger partial charge in [-0.1, -0.05) is 39.1 Å². The van der Waals surface area contributed by atoms with Crippen LogP contribution < -0.4 is 15.4 Å². The molecule has 0 spiro atoms. The van der Waals surface area contributed by atoms with Crippen molar-refractivity contribution in [2.24, 2.45) is 0 Å². The van der Waals surface area contributed by atoms with Crippen LogP contribution in [0.15, 0.2) is 46.9 Å². The van der Waals surface area contributed by atoms with E-state index in [4.69, 9.17) is 27.9 Å². The molecule has 0 fully saturated rings. The number of anilines is 1. The average molecular weight is 542 g/mol. The van der Waals surface area contributed by atoms with Crippen LogP contribution in [0.5, 0.6) is 5.75 Å². The summed E-state index contributed by atoms with van der Waals surface area (Å²) in [4.78, 5) is 25.6. The maximum Gasteiger partial charge on any atom is 0.255 e. The molecule has 164 valence electrons. The molecule has 0 aliphatic carbocycles. The van der Waals surface area contributed by atoms with Gasteiger partial charge in [0, 0.05) is 37.4 Å². The van der Waals surface area contributed by atoms with Gasteiger partial charge in [-0.25, -0.2) is 8.78 Å². The molecule has 4 rings (SSSR count). The van der Waals surface area contributed by atoms with Gasteiger partial charge in [0.05, 0.1) is 18.2 Å². The van der Waals surface area contributed by atoms with Crippen LogP contribution in [0.3, 0.4) is 0 Å². The summed E-state index contributed by atoms with van der Waals surface area (Å²) in [6.45, 7) is 0. The lowest BCUT2D eigenvalue weighted by molar-refractivity contribution is 0.0959. The molecule has 0 saturated heterocycles. The highest BCUT2D eigenvalue weighted by Gasteiger charge is 2.34. The van der Waals surface area contributed by atoms with E-state index in [0.29, 0.717) is 15.6 Å². The molecule has 2 amide bonds. The minimum atomic E-state index is -0.796. The smallest absolute Gasteiger partial charge is 0.255 e. The summed E-state index contributed by atoms with van der Waals surface area (Å²) in [6.07, 6.45) is 0. The standard InChI is InChI=1S/C22H13BrCl2F2N2O3/c1-32-17-5-9(4-15(25)19(17)27)21(30)28-16-7-10(23)6-13-18(16)20(29-22(13)31)12-8-11(26)2-3-14(12)24/h2-8,20H,1H3,(H,28,30)(H,29,31). The molecule has 0 radical (unpaired) electrons. The van der Waals surface area contributed by atoms with Gasteiger partial charge in [-0.15, -0.1) is 0 Å². The summed E-state index contributed by atoms with van der Waals surface area (Å²) < 4.78 is 33.3. The first-order valence-electron chi connectivity index (χ1n) is 9.13. The van der Waals surface area contributed by atoms with Gasteiger partial charge in [-0.3, -0.25) is 9.59 Å². The Morgan fingerprint density at radius 3 is 2.59 bits per heavy atom. The van der Waals surface area contributed by atoms with Crippen molar-refractivity contribution in [3.63, 3.8) is 0 Å². The highest BCUT2D eigenvalue weighted by atomic mass is 79.9. The maximum atomic E-state index is 14.0. The van der Waals surface area contributed by atoms with E-state index in [1.807, 2.05) is 0 Å². The van der Waals surface area contributed by atoms with Gasteiger partial charge < -0.3 is 15.4 Å².